The first-order valence-corrected chi connectivity index (χ1v) is 5.52. The van der Waals surface area contributed by atoms with Crippen LogP contribution >= 0.6 is 0 Å². The Morgan fingerprint density at radius 3 is 2.82 bits per heavy atom. The van der Waals surface area contributed by atoms with Gasteiger partial charge in [0.1, 0.15) is 5.75 Å². The average molecular weight is 232 g/mol. The maximum Gasteiger partial charge on any atom is 0.217 e. The van der Waals surface area contributed by atoms with Crippen LogP contribution in [0.4, 0.5) is 0 Å². The van der Waals surface area contributed by atoms with Crippen LogP contribution in [0.15, 0.2) is 24.3 Å². The van der Waals surface area contributed by atoms with Gasteiger partial charge in [-0.15, -0.1) is 0 Å². The quantitative estimate of drug-likeness (QED) is 0.870. The Kier molecular flexibility index (Phi) is 3.04. The molecule has 2 N–H and O–H groups in total. The summed E-state index contributed by atoms with van der Waals surface area (Å²) in [5.74, 6) is 0.567. The molecule has 0 spiro atoms. The van der Waals surface area contributed by atoms with Crippen LogP contribution in [0.25, 0.3) is 10.9 Å². The molecule has 0 aliphatic rings. The van der Waals surface area contributed by atoms with Crippen molar-refractivity contribution >= 4 is 16.8 Å². The van der Waals surface area contributed by atoms with Crippen LogP contribution in [0.1, 0.15) is 12.1 Å². The molecule has 0 saturated carbocycles. The summed E-state index contributed by atoms with van der Waals surface area (Å²) in [5.41, 5.74) is 7.40. The number of methoxy groups -OCH3 is 1. The zero-order valence-electron chi connectivity index (χ0n) is 10.1. The number of benzene rings is 1. The lowest BCUT2D eigenvalue weighted by Gasteiger charge is -2.03. The molecule has 0 bridgehead atoms. The number of aryl methyl sites for hydroxylation is 2. The summed E-state index contributed by atoms with van der Waals surface area (Å²) in [7, 11) is 3.64. The van der Waals surface area contributed by atoms with E-state index < -0.39 is 0 Å². The summed E-state index contributed by atoms with van der Waals surface area (Å²) in [6.07, 6.45) is 1.05. The van der Waals surface area contributed by atoms with Crippen molar-refractivity contribution in [1.82, 2.24) is 4.57 Å². The van der Waals surface area contributed by atoms with Crippen molar-refractivity contribution in [1.29, 1.82) is 0 Å². The van der Waals surface area contributed by atoms with Gasteiger partial charge in [-0.2, -0.15) is 0 Å². The van der Waals surface area contributed by atoms with Crippen LogP contribution in [0, 0.1) is 0 Å². The van der Waals surface area contributed by atoms with Crippen LogP contribution in [0.5, 0.6) is 5.75 Å². The van der Waals surface area contributed by atoms with E-state index in [1.165, 1.54) is 0 Å². The summed E-state index contributed by atoms with van der Waals surface area (Å²) in [6, 6.07) is 8.01. The predicted molar refractivity (Wildman–Crippen MR) is 67.0 cm³/mol. The highest BCUT2D eigenvalue weighted by Gasteiger charge is 2.07. The Morgan fingerprint density at radius 2 is 2.18 bits per heavy atom. The van der Waals surface area contributed by atoms with Gasteiger partial charge in [0.05, 0.1) is 7.11 Å². The molecule has 0 atom stereocenters. The molecule has 0 unspecified atom stereocenters. The number of hydrogen-bond acceptors (Lipinski definition) is 2. The third-order valence-corrected chi connectivity index (χ3v) is 2.98. The van der Waals surface area contributed by atoms with Crippen LogP contribution in [0.3, 0.4) is 0 Å². The number of nitrogens with zero attached hydrogens (tertiary/aromatic N) is 1. The molecule has 17 heavy (non-hydrogen) atoms. The van der Waals surface area contributed by atoms with Gasteiger partial charge in [-0.1, -0.05) is 0 Å². The zero-order valence-corrected chi connectivity index (χ0v) is 10.1. The Morgan fingerprint density at radius 1 is 1.41 bits per heavy atom. The lowest BCUT2D eigenvalue weighted by atomic mass is 10.2. The molecule has 1 aromatic carbocycles. The normalized spacial score (nSPS) is 10.7. The van der Waals surface area contributed by atoms with Gasteiger partial charge in [0.25, 0.3) is 0 Å². The Bertz CT molecular complexity index is 558. The van der Waals surface area contributed by atoms with Crippen molar-refractivity contribution in [3.05, 3.63) is 30.0 Å². The van der Waals surface area contributed by atoms with Crippen LogP contribution in [-0.2, 0) is 18.3 Å². The highest BCUT2D eigenvalue weighted by Crippen LogP contribution is 2.24. The Hall–Kier alpha value is -1.97. The molecule has 1 amide bonds. The van der Waals surface area contributed by atoms with Gasteiger partial charge in [0, 0.05) is 30.1 Å². The van der Waals surface area contributed by atoms with Crippen molar-refractivity contribution in [3.8, 4) is 5.75 Å². The first-order chi connectivity index (χ1) is 8.11. The molecule has 1 heterocycles. The lowest BCUT2D eigenvalue weighted by molar-refractivity contribution is -0.118. The standard InChI is InChI=1S/C13H16N2O2/c1-15-10(3-6-13(14)16)7-9-8-11(17-2)4-5-12(9)15/h4-5,7-8H,3,6H2,1-2H3,(H2,14,16). The molecule has 0 aliphatic heterocycles. The van der Waals surface area contributed by atoms with E-state index in [1.54, 1.807) is 7.11 Å². The highest BCUT2D eigenvalue weighted by molar-refractivity contribution is 5.83. The first kappa shape index (κ1) is 11.5. The fourth-order valence-corrected chi connectivity index (χ4v) is 2.00. The Balaban J connectivity index is 2.38. The predicted octanol–water partition coefficient (Wildman–Crippen LogP) is 1.60. The third-order valence-electron chi connectivity index (χ3n) is 2.98. The molecule has 4 nitrogen and oxygen atoms in total. The smallest absolute Gasteiger partial charge is 0.217 e. The Labute approximate surface area is 100.0 Å². The molecule has 1 aromatic heterocycles. The molecule has 0 fully saturated rings. The topological polar surface area (TPSA) is 57.2 Å². The van der Waals surface area contributed by atoms with E-state index in [0.29, 0.717) is 12.8 Å². The number of carbonyl (C=O) groups excluding carboxylic acids is 1. The number of ether oxygens (including phenoxy) is 1. The number of carbonyl (C=O) groups is 1. The molecular formula is C13H16N2O2. The summed E-state index contributed by atoms with van der Waals surface area (Å²) >= 11 is 0. The van der Waals surface area contributed by atoms with Gasteiger partial charge >= 0.3 is 0 Å². The SMILES string of the molecule is COc1ccc2c(c1)cc(CCC(N)=O)n2C. The second-order valence-corrected chi connectivity index (χ2v) is 4.09. The minimum absolute atomic E-state index is 0.271. The molecule has 2 rings (SSSR count). The van der Waals surface area contributed by atoms with Gasteiger partial charge in [-0.25, -0.2) is 0 Å². The van der Waals surface area contributed by atoms with Gasteiger partial charge < -0.3 is 15.0 Å². The minimum atomic E-state index is -0.271. The lowest BCUT2D eigenvalue weighted by Crippen LogP contribution is -2.12. The maximum atomic E-state index is 10.8. The monoisotopic (exact) mass is 232 g/mol. The summed E-state index contributed by atoms with van der Waals surface area (Å²) in [6.45, 7) is 0. The molecule has 0 aliphatic carbocycles. The molecular weight excluding hydrogens is 216 g/mol. The van der Waals surface area contributed by atoms with Gasteiger partial charge in [-0.3, -0.25) is 4.79 Å². The van der Waals surface area contributed by atoms with Gasteiger partial charge in [0.2, 0.25) is 5.91 Å². The summed E-state index contributed by atoms with van der Waals surface area (Å²) in [5, 5.41) is 1.12. The average Bonchev–Trinajstić information content (AvgIpc) is 2.63. The van der Waals surface area contributed by atoms with Crippen molar-refractivity contribution in [2.24, 2.45) is 12.8 Å². The number of fused-ring (bicyclic) bond motifs is 1. The fourth-order valence-electron chi connectivity index (χ4n) is 2.00. The van der Waals surface area contributed by atoms with Crippen molar-refractivity contribution in [2.75, 3.05) is 7.11 Å². The molecule has 90 valence electrons. The molecule has 4 heteroatoms. The van der Waals surface area contributed by atoms with E-state index in [1.807, 2.05) is 25.2 Å². The number of rotatable bonds is 4. The maximum absolute atomic E-state index is 10.8. The zero-order chi connectivity index (χ0) is 12.4. The van der Waals surface area contributed by atoms with E-state index in [2.05, 4.69) is 10.6 Å². The second kappa shape index (κ2) is 4.49. The number of primary amides is 1. The molecule has 0 saturated heterocycles. The third kappa shape index (κ3) is 2.25. The fraction of sp³-hybridized carbons (Fsp3) is 0.308. The van der Waals surface area contributed by atoms with E-state index in [-0.39, 0.29) is 5.91 Å². The number of nitrogens with two attached hydrogens (primary N) is 1. The minimum Gasteiger partial charge on any atom is -0.497 e. The van der Waals surface area contributed by atoms with E-state index in [4.69, 9.17) is 10.5 Å². The van der Waals surface area contributed by atoms with Gasteiger partial charge in [0.15, 0.2) is 0 Å². The highest BCUT2D eigenvalue weighted by atomic mass is 16.5. The van der Waals surface area contributed by atoms with E-state index in [0.717, 1.165) is 22.3 Å². The number of amides is 1. The van der Waals surface area contributed by atoms with Crippen molar-refractivity contribution < 1.29 is 9.53 Å². The number of hydrogen-bond donors (Lipinski definition) is 1. The molecule has 0 radical (unpaired) electrons. The summed E-state index contributed by atoms with van der Waals surface area (Å²) in [4.78, 5) is 10.8. The number of aromatic nitrogens is 1. The largest absolute Gasteiger partial charge is 0.497 e. The van der Waals surface area contributed by atoms with Crippen LogP contribution in [0.2, 0.25) is 0 Å². The van der Waals surface area contributed by atoms with Crippen LogP contribution < -0.4 is 10.5 Å². The first-order valence-electron chi connectivity index (χ1n) is 5.52. The summed E-state index contributed by atoms with van der Waals surface area (Å²) < 4.78 is 7.27. The molecule has 2 aromatic rings. The van der Waals surface area contributed by atoms with Crippen molar-refractivity contribution in [3.63, 3.8) is 0 Å². The van der Waals surface area contributed by atoms with Crippen molar-refractivity contribution in [2.45, 2.75) is 12.8 Å². The van der Waals surface area contributed by atoms with Crippen LogP contribution in [-0.4, -0.2) is 17.6 Å². The van der Waals surface area contributed by atoms with E-state index >= 15 is 0 Å². The van der Waals surface area contributed by atoms with E-state index in [9.17, 15) is 4.79 Å². The second-order valence-electron chi connectivity index (χ2n) is 4.09. The van der Waals surface area contributed by atoms with Gasteiger partial charge in [-0.05, 0) is 30.7 Å².